The highest BCUT2D eigenvalue weighted by atomic mass is 16.2. The molecule has 1 heterocycles. The minimum atomic E-state index is -0.0625. The van der Waals surface area contributed by atoms with Gasteiger partial charge in [-0.2, -0.15) is 0 Å². The van der Waals surface area contributed by atoms with Crippen LogP contribution in [0.1, 0.15) is 18.1 Å². The number of aromatic nitrogens is 2. The van der Waals surface area contributed by atoms with Gasteiger partial charge in [0.25, 0.3) is 0 Å². The zero-order chi connectivity index (χ0) is 10.1. The molecular weight excluding hydrogens is 178 g/mol. The van der Waals surface area contributed by atoms with E-state index in [1.807, 2.05) is 24.3 Å². The summed E-state index contributed by atoms with van der Waals surface area (Å²) in [6, 6.07) is 7.42. The number of benzene rings is 1. The number of nitrogens with zero attached hydrogens (tertiary/aromatic N) is 1. The first kappa shape index (κ1) is 8.74. The monoisotopic (exact) mass is 189 g/mol. The number of carbonyl (C=O) groups is 1. The van der Waals surface area contributed by atoms with E-state index in [4.69, 9.17) is 5.41 Å². The second-order valence-electron chi connectivity index (χ2n) is 3.07. The van der Waals surface area contributed by atoms with E-state index in [2.05, 4.69) is 4.98 Å². The van der Waals surface area contributed by atoms with Gasteiger partial charge in [0.05, 0.1) is 11.0 Å². The standard InChI is InChI=1S/C10H11N3O/c1-2-9(14)13-8-6-4-3-5-7(8)12-10(13)11/h3-6H,2H2,1H3,(H2,11,12). The van der Waals surface area contributed by atoms with Crippen LogP contribution >= 0.6 is 0 Å². The van der Waals surface area contributed by atoms with Crippen molar-refractivity contribution in [1.29, 1.82) is 5.41 Å². The van der Waals surface area contributed by atoms with E-state index in [9.17, 15) is 4.79 Å². The lowest BCUT2D eigenvalue weighted by Gasteiger charge is -1.98. The summed E-state index contributed by atoms with van der Waals surface area (Å²) < 4.78 is 1.40. The molecule has 0 saturated heterocycles. The van der Waals surface area contributed by atoms with Crippen LogP contribution < -0.4 is 5.62 Å². The van der Waals surface area contributed by atoms with Crippen molar-refractivity contribution in [3.05, 3.63) is 29.9 Å². The molecule has 2 rings (SSSR count). The number of hydrogen-bond donors (Lipinski definition) is 2. The zero-order valence-electron chi connectivity index (χ0n) is 7.87. The largest absolute Gasteiger partial charge is 0.324 e. The Bertz CT molecular complexity index is 536. The van der Waals surface area contributed by atoms with Crippen molar-refractivity contribution in [3.63, 3.8) is 0 Å². The normalized spacial score (nSPS) is 10.6. The van der Waals surface area contributed by atoms with Gasteiger partial charge >= 0.3 is 0 Å². The Balaban J connectivity index is 2.81. The molecule has 1 aromatic heterocycles. The maximum Gasteiger partial charge on any atom is 0.233 e. The number of rotatable bonds is 1. The van der Waals surface area contributed by atoms with Gasteiger partial charge in [-0.15, -0.1) is 0 Å². The molecule has 0 spiro atoms. The Labute approximate surface area is 80.7 Å². The van der Waals surface area contributed by atoms with Crippen molar-refractivity contribution in [2.75, 3.05) is 0 Å². The summed E-state index contributed by atoms with van der Waals surface area (Å²) in [5.41, 5.74) is 1.72. The number of hydrogen-bond acceptors (Lipinski definition) is 2. The van der Waals surface area contributed by atoms with E-state index in [1.54, 1.807) is 6.92 Å². The van der Waals surface area contributed by atoms with Crippen LogP contribution in [0.2, 0.25) is 0 Å². The van der Waals surface area contributed by atoms with Crippen LogP contribution in [-0.4, -0.2) is 15.5 Å². The van der Waals surface area contributed by atoms with E-state index in [0.717, 1.165) is 11.0 Å². The molecule has 0 fully saturated rings. The highest BCUT2D eigenvalue weighted by Gasteiger charge is 2.08. The Morgan fingerprint density at radius 2 is 2.21 bits per heavy atom. The van der Waals surface area contributed by atoms with Crippen LogP contribution in [0.4, 0.5) is 0 Å². The molecule has 0 aliphatic rings. The van der Waals surface area contributed by atoms with Gasteiger partial charge in [-0.05, 0) is 12.1 Å². The van der Waals surface area contributed by atoms with Crippen LogP contribution in [0.5, 0.6) is 0 Å². The average Bonchev–Trinajstić information content (AvgIpc) is 2.53. The van der Waals surface area contributed by atoms with Gasteiger partial charge in [-0.1, -0.05) is 19.1 Å². The topological polar surface area (TPSA) is 61.6 Å². The third-order valence-corrected chi connectivity index (χ3v) is 2.17. The number of carbonyl (C=O) groups excluding carboxylic acids is 1. The summed E-state index contributed by atoms with van der Waals surface area (Å²) in [4.78, 5) is 14.4. The van der Waals surface area contributed by atoms with Crippen molar-refractivity contribution in [2.45, 2.75) is 13.3 Å². The first-order valence-electron chi connectivity index (χ1n) is 4.51. The molecular formula is C10H11N3O. The molecule has 0 aliphatic heterocycles. The number of imidazole rings is 1. The Hall–Kier alpha value is -1.84. The fourth-order valence-corrected chi connectivity index (χ4v) is 1.50. The number of aromatic amines is 1. The third kappa shape index (κ3) is 1.16. The molecule has 0 bridgehead atoms. The molecule has 2 aromatic rings. The third-order valence-electron chi connectivity index (χ3n) is 2.17. The molecule has 14 heavy (non-hydrogen) atoms. The summed E-state index contributed by atoms with van der Waals surface area (Å²) in [5.74, 6) is -0.0625. The minimum Gasteiger partial charge on any atom is -0.324 e. The maximum absolute atomic E-state index is 11.5. The van der Waals surface area contributed by atoms with Gasteiger partial charge in [0.1, 0.15) is 0 Å². The number of H-pyrrole nitrogens is 1. The van der Waals surface area contributed by atoms with E-state index in [1.165, 1.54) is 4.57 Å². The van der Waals surface area contributed by atoms with E-state index in [0.29, 0.717) is 6.42 Å². The van der Waals surface area contributed by atoms with Crippen LogP contribution in [0.3, 0.4) is 0 Å². The number of nitrogens with one attached hydrogen (secondary N) is 2. The maximum atomic E-state index is 11.5. The smallest absolute Gasteiger partial charge is 0.233 e. The lowest BCUT2D eigenvalue weighted by molar-refractivity contribution is 0.0908. The first-order chi connectivity index (χ1) is 6.74. The van der Waals surface area contributed by atoms with Gasteiger partial charge in [0.2, 0.25) is 11.5 Å². The van der Waals surface area contributed by atoms with Crippen LogP contribution in [0, 0.1) is 5.41 Å². The van der Waals surface area contributed by atoms with Crippen molar-refractivity contribution < 1.29 is 4.79 Å². The second-order valence-corrected chi connectivity index (χ2v) is 3.07. The van der Waals surface area contributed by atoms with Gasteiger partial charge < -0.3 is 4.98 Å². The van der Waals surface area contributed by atoms with Gasteiger partial charge in [0.15, 0.2) is 0 Å². The van der Waals surface area contributed by atoms with Crippen LogP contribution in [-0.2, 0) is 0 Å². The zero-order valence-corrected chi connectivity index (χ0v) is 7.87. The lowest BCUT2D eigenvalue weighted by atomic mass is 10.3. The molecule has 0 atom stereocenters. The SMILES string of the molecule is CCC(=O)n1c(=N)[nH]c2ccccc21. The molecule has 1 aromatic carbocycles. The van der Waals surface area contributed by atoms with Gasteiger partial charge in [-0.25, -0.2) is 4.57 Å². The molecule has 0 amide bonds. The molecule has 4 heteroatoms. The van der Waals surface area contributed by atoms with E-state index < -0.39 is 0 Å². The van der Waals surface area contributed by atoms with E-state index >= 15 is 0 Å². The van der Waals surface area contributed by atoms with Crippen LogP contribution in [0.15, 0.2) is 24.3 Å². The second kappa shape index (κ2) is 3.14. The van der Waals surface area contributed by atoms with Gasteiger partial charge in [-0.3, -0.25) is 10.2 Å². The Kier molecular flexibility index (Phi) is 1.96. The molecule has 0 radical (unpaired) electrons. The fraction of sp³-hybridized carbons (Fsp3) is 0.200. The summed E-state index contributed by atoms with van der Waals surface area (Å²) in [6.45, 7) is 1.79. The summed E-state index contributed by atoms with van der Waals surface area (Å²) in [6.07, 6.45) is 0.401. The number of para-hydroxylation sites is 2. The van der Waals surface area contributed by atoms with Crippen molar-refractivity contribution >= 4 is 16.9 Å². The van der Waals surface area contributed by atoms with Crippen LogP contribution in [0.25, 0.3) is 11.0 Å². The average molecular weight is 189 g/mol. The molecule has 72 valence electrons. The molecule has 4 nitrogen and oxygen atoms in total. The predicted molar refractivity (Wildman–Crippen MR) is 53.1 cm³/mol. The Morgan fingerprint density at radius 1 is 1.50 bits per heavy atom. The molecule has 0 saturated carbocycles. The number of fused-ring (bicyclic) bond motifs is 1. The lowest BCUT2D eigenvalue weighted by Crippen LogP contribution is -2.23. The summed E-state index contributed by atoms with van der Waals surface area (Å²) >= 11 is 0. The molecule has 0 aliphatic carbocycles. The molecule has 0 unspecified atom stereocenters. The van der Waals surface area contributed by atoms with Crippen molar-refractivity contribution in [3.8, 4) is 0 Å². The highest BCUT2D eigenvalue weighted by Crippen LogP contribution is 2.08. The van der Waals surface area contributed by atoms with Crippen molar-refractivity contribution in [1.82, 2.24) is 9.55 Å². The fourth-order valence-electron chi connectivity index (χ4n) is 1.50. The quantitative estimate of drug-likeness (QED) is 0.701. The van der Waals surface area contributed by atoms with Gasteiger partial charge in [0, 0.05) is 6.42 Å². The summed E-state index contributed by atoms with van der Waals surface area (Å²) in [5, 5.41) is 7.62. The molecule has 2 N–H and O–H groups in total. The van der Waals surface area contributed by atoms with Crippen molar-refractivity contribution in [2.24, 2.45) is 0 Å². The minimum absolute atomic E-state index is 0.0625. The highest BCUT2D eigenvalue weighted by molar-refractivity contribution is 5.89. The first-order valence-corrected chi connectivity index (χ1v) is 4.51. The predicted octanol–water partition coefficient (Wildman–Crippen LogP) is 1.50. The Morgan fingerprint density at radius 3 is 2.93 bits per heavy atom. The van der Waals surface area contributed by atoms with E-state index in [-0.39, 0.29) is 11.5 Å². The summed E-state index contributed by atoms with van der Waals surface area (Å²) in [7, 11) is 0.